The van der Waals surface area contributed by atoms with Gasteiger partial charge in [-0.25, -0.2) is 0 Å². The zero-order valence-corrected chi connectivity index (χ0v) is 23.0. The Bertz CT molecular complexity index is 1100. The molecule has 1 heterocycles. The van der Waals surface area contributed by atoms with Crippen LogP contribution in [0.1, 0.15) is 91.4 Å². The lowest BCUT2D eigenvalue weighted by atomic mass is 9.38. The maximum Gasteiger partial charge on any atom is 0.0576 e. The number of hydrogen-bond donors (Lipinski definition) is 1. The smallest absolute Gasteiger partial charge is 0.0576 e. The molecule has 6 aliphatic carbocycles. The average molecular weight is 486 g/mol. The topological polar surface area (TPSA) is 32.6 Å². The molecule has 0 aromatic rings. The van der Waals surface area contributed by atoms with Crippen molar-refractivity contribution in [3.8, 4) is 0 Å². The van der Waals surface area contributed by atoms with Crippen LogP contribution in [0.2, 0.25) is 0 Å². The molecule has 194 valence electrons. The minimum atomic E-state index is 0.271. The monoisotopic (exact) mass is 485 g/mol. The highest BCUT2D eigenvalue weighted by Crippen LogP contribution is 2.89. The predicted molar refractivity (Wildman–Crippen MR) is 149 cm³/mol. The van der Waals surface area contributed by atoms with Crippen LogP contribution >= 0.6 is 0 Å². The first-order valence-corrected chi connectivity index (χ1v) is 15.1. The van der Waals surface area contributed by atoms with Gasteiger partial charge in [0, 0.05) is 23.7 Å². The van der Waals surface area contributed by atoms with E-state index in [0.717, 1.165) is 24.8 Å². The quantitative estimate of drug-likeness (QED) is 0.395. The van der Waals surface area contributed by atoms with Gasteiger partial charge in [0.2, 0.25) is 0 Å². The fraction of sp³-hybridized carbons (Fsp3) is 0.735. The fourth-order valence-corrected chi connectivity index (χ4v) is 12.2. The molecule has 7 unspecified atom stereocenters. The summed E-state index contributed by atoms with van der Waals surface area (Å²) in [5, 5.41) is 10.3. The molecule has 2 heteroatoms. The number of fused-ring (bicyclic) bond motifs is 2. The van der Waals surface area contributed by atoms with Crippen molar-refractivity contribution in [2.45, 2.75) is 91.4 Å². The number of aliphatic hydroxyl groups excluding tert-OH is 1. The Morgan fingerprint density at radius 2 is 1.97 bits per heavy atom. The molecular weight excluding hydrogens is 438 g/mol. The molecule has 3 spiro atoms. The van der Waals surface area contributed by atoms with Crippen molar-refractivity contribution in [1.29, 1.82) is 0 Å². The molecule has 0 radical (unpaired) electrons. The molecule has 0 aromatic heterocycles. The van der Waals surface area contributed by atoms with Crippen molar-refractivity contribution in [2.75, 3.05) is 13.2 Å². The lowest BCUT2D eigenvalue weighted by Gasteiger charge is -2.66. The second-order valence-electron chi connectivity index (χ2n) is 14.9. The van der Waals surface area contributed by atoms with Crippen LogP contribution in [0.5, 0.6) is 0 Å². The lowest BCUT2D eigenvalue weighted by molar-refractivity contribution is -0.0798. The molecule has 2 nitrogen and oxygen atoms in total. The summed E-state index contributed by atoms with van der Waals surface area (Å²) < 4.78 is 0. The van der Waals surface area contributed by atoms with Crippen molar-refractivity contribution in [3.63, 3.8) is 0 Å². The zero-order chi connectivity index (χ0) is 25.0. The van der Waals surface area contributed by atoms with Crippen LogP contribution in [0.3, 0.4) is 0 Å². The Balaban J connectivity index is 1.26. The Labute approximate surface area is 219 Å². The van der Waals surface area contributed by atoms with E-state index in [9.17, 15) is 5.11 Å². The molecule has 36 heavy (non-hydrogen) atoms. The Morgan fingerprint density at radius 1 is 1.17 bits per heavy atom. The first kappa shape index (κ1) is 23.7. The minimum absolute atomic E-state index is 0.271. The SMILES string of the molecule is C=C1C=C2C3(CCC(CC(CO)CC4=CCN=C4)C3)CC3(CCCC3)C3CC=CC4(C1C4(C)C)C23C. The summed E-state index contributed by atoms with van der Waals surface area (Å²) in [4.78, 5) is 4.38. The van der Waals surface area contributed by atoms with E-state index in [1.54, 1.807) is 0 Å². The molecular formula is C34H47NO. The van der Waals surface area contributed by atoms with E-state index in [1.165, 1.54) is 75.4 Å². The third-order valence-electron chi connectivity index (χ3n) is 13.2. The van der Waals surface area contributed by atoms with Crippen LogP contribution in [0.25, 0.3) is 0 Å². The van der Waals surface area contributed by atoms with E-state index < -0.39 is 0 Å². The van der Waals surface area contributed by atoms with Gasteiger partial charge in [0.1, 0.15) is 0 Å². The van der Waals surface area contributed by atoms with Crippen LogP contribution in [-0.4, -0.2) is 24.5 Å². The van der Waals surface area contributed by atoms with Gasteiger partial charge in [-0.3, -0.25) is 4.99 Å². The average Bonchev–Trinajstić information content (AvgIpc) is 3.42. The summed E-state index contributed by atoms with van der Waals surface area (Å²) >= 11 is 0. The van der Waals surface area contributed by atoms with Gasteiger partial charge in [-0.15, -0.1) is 0 Å². The molecule has 1 aliphatic heterocycles. The largest absolute Gasteiger partial charge is 0.396 e. The highest BCUT2D eigenvalue weighted by molar-refractivity contribution is 5.80. The van der Waals surface area contributed by atoms with Crippen molar-refractivity contribution < 1.29 is 5.11 Å². The van der Waals surface area contributed by atoms with E-state index >= 15 is 0 Å². The van der Waals surface area contributed by atoms with Crippen LogP contribution in [0.4, 0.5) is 0 Å². The van der Waals surface area contributed by atoms with Crippen LogP contribution in [0.15, 0.2) is 52.6 Å². The maximum absolute atomic E-state index is 10.3. The van der Waals surface area contributed by atoms with Crippen molar-refractivity contribution in [2.24, 2.45) is 55.7 Å². The van der Waals surface area contributed by atoms with E-state index in [1.807, 2.05) is 11.8 Å². The van der Waals surface area contributed by atoms with Gasteiger partial charge in [0.25, 0.3) is 0 Å². The summed E-state index contributed by atoms with van der Waals surface area (Å²) in [5.74, 6) is 2.52. The molecule has 4 saturated carbocycles. The van der Waals surface area contributed by atoms with Crippen LogP contribution in [-0.2, 0) is 0 Å². The number of aliphatic hydroxyl groups is 1. The predicted octanol–water partition coefficient (Wildman–Crippen LogP) is 7.86. The van der Waals surface area contributed by atoms with Gasteiger partial charge in [0.05, 0.1) is 6.54 Å². The zero-order valence-electron chi connectivity index (χ0n) is 23.0. The second-order valence-corrected chi connectivity index (χ2v) is 14.9. The summed E-state index contributed by atoms with van der Waals surface area (Å²) in [7, 11) is 0. The van der Waals surface area contributed by atoms with Gasteiger partial charge in [-0.2, -0.15) is 0 Å². The lowest BCUT2D eigenvalue weighted by Crippen LogP contribution is -2.58. The maximum atomic E-state index is 10.3. The molecule has 1 N–H and O–H groups in total. The highest BCUT2D eigenvalue weighted by Gasteiger charge is 2.83. The second kappa shape index (κ2) is 7.58. The fourth-order valence-electron chi connectivity index (χ4n) is 12.2. The van der Waals surface area contributed by atoms with Crippen molar-refractivity contribution in [3.05, 3.63) is 47.6 Å². The molecule has 4 fully saturated rings. The van der Waals surface area contributed by atoms with Gasteiger partial charge < -0.3 is 5.11 Å². The number of allylic oxidation sites excluding steroid dienone is 6. The summed E-state index contributed by atoms with van der Waals surface area (Å²) in [6.07, 6.45) is 26.9. The first-order chi connectivity index (χ1) is 17.2. The summed E-state index contributed by atoms with van der Waals surface area (Å²) in [6.45, 7) is 13.7. The summed E-state index contributed by atoms with van der Waals surface area (Å²) in [5.41, 5.74) is 6.31. The minimum Gasteiger partial charge on any atom is -0.396 e. The molecule has 0 bridgehead atoms. The third kappa shape index (κ3) is 2.76. The van der Waals surface area contributed by atoms with Gasteiger partial charge in [-0.05, 0) is 103 Å². The highest BCUT2D eigenvalue weighted by atomic mass is 16.3. The van der Waals surface area contributed by atoms with Gasteiger partial charge in [0.15, 0.2) is 0 Å². The van der Waals surface area contributed by atoms with Crippen molar-refractivity contribution in [1.82, 2.24) is 0 Å². The Morgan fingerprint density at radius 3 is 2.69 bits per heavy atom. The van der Waals surface area contributed by atoms with Crippen molar-refractivity contribution >= 4 is 6.21 Å². The molecule has 7 atom stereocenters. The Hall–Kier alpha value is -1.41. The van der Waals surface area contributed by atoms with E-state index in [0.29, 0.717) is 34.7 Å². The summed E-state index contributed by atoms with van der Waals surface area (Å²) in [6, 6.07) is 0. The molecule has 7 aliphatic rings. The van der Waals surface area contributed by atoms with Gasteiger partial charge >= 0.3 is 0 Å². The first-order valence-electron chi connectivity index (χ1n) is 15.1. The molecule has 0 amide bonds. The third-order valence-corrected chi connectivity index (χ3v) is 13.2. The molecule has 0 aromatic carbocycles. The molecule has 7 rings (SSSR count). The standard InChI is InChI=1S/C34H47NO/c1-23-16-28-31(4)27(8-7-13-34(31)29(23)30(34,2)3)32(11-5-6-12-32)22-33(28)14-9-24(19-33)17-26(21-36)18-25-10-15-35-20-25/h7,10,13,16,20,24,26-27,29,36H,1,5-6,8-9,11-12,14-15,17-19,21-22H2,2-4H3. The van der Waals surface area contributed by atoms with Crippen LogP contribution < -0.4 is 0 Å². The number of nitrogens with zero attached hydrogens (tertiary/aromatic N) is 1. The Kier molecular flexibility index (Phi) is 4.99. The molecule has 0 saturated heterocycles. The van der Waals surface area contributed by atoms with E-state index in [4.69, 9.17) is 6.58 Å². The van der Waals surface area contributed by atoms with Gasteiger partial charge in [-0.1, -0.05) is 75.6 Å². The number of aliphatic imine (C=N–C) groups is 1. The van der Waals surface area contributed by atoms with E-state index in [-0.39, 0.29) is 10.8 Å². The number of rotatable bonds is 5. The number of hydrogen-bond acceptors (Lipinski definition) is 2. The normalized spacial score (nSPS) is 45.6. The van der Waals surface area contributed by atoms with E-state index in [2.05, 4.69) is 50.1 Å². The van der Waals surface area contributed by atoms with Crippen LogP contribution in [0, 0.1) is 50.7 Å².